The second-order valence-electron chi connectivity index (χ2n) is 8.02. The number of ether oxygens (including phenoxy) is 1. The van der Waals surface area contributed by atoms with Gasteiger partial charge >= 0.3 is 171 Å². The van der Waals surface area contributed by atoms with Crippen molar-refractivity contribution in [1.29, 1.82) is 0 Å². The number of hydrogen-bond acceptors (Lipinski definition) is 6. The third-order valence-electron chi connectivity index (χ3n) is 5.31. The first kappa shape index (κ1) is 22.9. The Morgan fingerprint density at radius 2 is 2.00 bits per heavy atom. The summed E-state index contributed by atoms with van der Waals surface area (Å²) in [6, 6.07) is 19.3. The second kappa shape index (κ2) is 10.6. The molecular formula is C26H25B2N5O. The summed E-state index contributed by atoms with van der Waals surface area (Å²) in [5.74, 6) is 4.09. The number of terminal acetylenes is 1. The molecule has 4 rings (SSSR count). The molecule has 0 spiro atoms. The summed E-state index contributed by atoms with van der Waals surface area (Å²) in [7, 11) is 6.14. The van der Waals surface area contributed by atoms with Gasteiger partial charge in [-0.1, -0.05) is 12.0 Å². The van der Waals surface area contributed by atoms with Gasteiger partial charge in [-0.2, -0.15) is 0 Å². The predicted molar refractivity (Wildman–Crippen MR) is 147 cm³/mol. The van der Waals surface area contributed by atoms with E-state index in [-0.39, 0.29) is 0 Å². The quantitative estimate of drug-likeness (QED) is 0.159. The summed E-state index contributed by atoms with van der Waals surface area (Å²) in [6.07, 6.45) is 8.63. The Labute approximate surface area is 201 Å². The molecule has 0 saturated carbocycles. The molecular weight excluding hydrogens is 420 g/mol. The number of nitrogens with two attached hydrogens (primary N) is 1. The number of rotatable bonds is 9. The van der Waals surface area contributed by atoms with Gasteiger partial charge in [0.25, 0.3) is 0 Å². The van der Waals surface area contributed by atoms with Crippen molar-refractivity contribution in [1.82, 2.24) is 9.97 Å². The van der Waals surface area contributed by atoms with Crippen molar-refractivity contribution in [2.45, 2.75) is 12.8 Å². The molecule has 0 unspecified atom stereocenters. The Kier molecular flexibility index (Phi) is 7.14. The Morgan fingerprint density at radius 3 is 2.85 bits per heavy atom. The van der Waals surface area contributed by atoms with Crippen molar-refractivity contribution in [3.63, 3.8) is 0 Å². The summed E-state index contributed by atoms with van der Waals surface area (Å²) in [5, 5.41) is 7.50. The normalized spacial score (nSPS) is 10.4. The van der Waals surface area contributed by atoms with Crippen LogP contribution in [0.2, 0.25) is 0 Å². The van der Waals surface area contributed by atoms with E-state index in [4.69, 9.17) is 16.9 Å². The van der Waals surface area contributed by atoms with E-state index in [1.54, 1.807) is 0 Å². The fourth-order valence-electron chi connectivity index (χ4n) is 3.56. The van der Waals surface area contributed by atoms with Gasteiger partial charge in [-0.3, -0.25) is 0 Å². The van der Waals surface area contributed by atoms with Crippen molar-refractivity contribution >= 4 is 60.2 Å². The van der Waals surface area contributed by atoms with E-state index < -0.39 is 0 Å². The number of nitrogens with one attached hydrogen (secondary N) is 2. The molecule has 0 aliphatic rings. The number of fused-ring (bicyclic) bond motifs is 1. The number of benzene rings is 3. The Hall–Kier alpha value is -4.24. The minimum atomic E-state index is 0.552. The van der Waals surface area contributed by atoms with Gasteiger partial charge in [0.15, 0.2) is 0 Å². The van der Waals surface area contributed by atoms with E-state index in [0.29, 0.717) is 18.1 Å². The van der Waals surface area contributed by atoms with Crippen molar-refractivity contribution in [3.8, 4) is 18.1 Å². The predicted octanol–water partition coefficient (Wildman–Crippen LogP) is 2.50. The molecule has 0 fully saturated rings. The molecule has 0 saturated heterocycles. The Bertz CT molecular complexity index is 1380. The van der Waals surface area contributed by atoms with E-state index in [0.717, 1.165) is 57.5 Å². The fourth-order valence-corrected chi connectivity index (χ4v) is 3.56. The van der Waals surface area contributed by atoms with E-state index in [9.17, 15) is 0 Å². The molecule has 4 N–H and O–H groups in total. The van der Waals surface area contributed by atoms with Gasteiger partial charge in [0, 0.05) is 5.56 Å². The average molecular weight is 445 g/mol. The maximum atomic E-state index is 6.04. The van der Waals surface area contributed by atoms with E-state index in [1.165, 1.54) is 6.33 Å². The van der Waals surface area contributed by atoms with Crippen LogP contribution in [0.5, 0.6) is 5.75 Å². The third-order valence-corrected chi connectivity index (χ3v) is 5.31. The molecule has 0 atom stereocenters. The first-order valence-electron chi connectivity index (χ1n) is 11.0. The summed E-state index contributed by atoms with van der Waals surface area (Å²) >= 11 is 0. The van der Waals surface area contributed by atoms with Crippen LogP contribution in [-0.4, -0.2) is 37.5 Å². The van der Waals surface area contributed by atoms with Crippen LogP contribution in [0, 0.1) is 12.3 Å². The molecule has 0 aliphatic heterocycles. The van der Waals surface area contributed by atoms with Crippen LogP contribution in [0.1, 0.15) is 18.4 Å². The van der Waals surface area contributed by atoms with Gasteiger partial charge in [0.05, 0.1) is 0 Å². The number of anilines is 4. The van der Waals surface area contributed by atoms with Gasteiger partial charge < -0.3 is 0 Å². The number of nitrogens with zero attached hydrogens (tertiary/aromatic N) is 2. The number of hydrogen-bond donors (Lipinski definition) is 3. The van der Waals surface area contributed by atoms with Crippen LogP contribution in [0.4, 0.5) is 22.9 Å². The van der Waals surface area contributed by atoms with Crippen LogP contribution < -0.4 is 26.6 Å². The molecule has 8 heteroatoms. The summed E-state index contributed by atoms with van der Waals surface area (Å²) < 4.78 is 6.00. The summed E-state index contributed by atoms with van der Waals surface area (Å²) in [6.45, 7) is 0.552. The first-order chi connectivity index (χ1) is 16.5. The van der Waals surface area contributed by atoms with Crippen LogP contribution in [0.15, 0.2) is 67.0 Å². The molecule has 0 bridgehead atoms. The summed E-state index contributed by atoms with van der Waals surface area (Å²) in [4.78, 5) is 8.77. The van der Waals surface area contributed by atoms with Crippen LogP contribution in [0.3, 0.4) is 0 Å². The van der Waals surface area contributed by atoms with Crippen LogP contribution in [-0.2, 0) is 0 Å². The molecule has 0 amide bonds. The van der Waals surface area contributed by atoms with Crippen molar-refractivity contribution in [2.24, 2.45) is 0 Å². The Balaban J connectivity index is 1.37. The molecule has 3 aromatic carbocycles. The third kappa shape index (κ3) is 5.76. The topological polar surface area (TPSA) is 85.1 Å². The zero-order chi connectivity index (χ0) is 23.9. The second-order valence-corrected chi connectivity index (χ2v) is 8.02. The maximum absolute atomic E-state index is 6.04. The minimum absolute atomic E-state index is 0.552. The summed E-state index contributed by atoms with van der Waals surface area (Å²) in [5.41, 5.74) is 12.2. The Morgan fingerprint density at radius 1 is 1.12 bits per heavy atom. The molecule has 1 heterocycles. The fraction of sp³-hybridized carbons (Fsp3) is 0.115. The monoisotopic (exact) mass is 445 g/mol. The molecule has 6 nitrogen and oxygen atoms in total. The molecule has 0 radical (unpaired) electrons. The molecule has 0 aliphatic carbocycles. The van der Waals surface area contributed by atoms with Gasteiger partial charge in [-0.05, 0) is 6.07 Å². The zero-order valence-electron chi connectivity index (χ0n) is 19.1. The van der Waals surface area contributed by atoms with Gasteiger partial charge in [0.1, 0.15) is 0 Å². The van der Waals surface area contributed by atoms with Crippen LogP contribution in [0.25, 0.3) is 10.9 Å². The van der Waals surface area contributed by atoms with Crippen molar-refractivity contribution in [3.05, 3.63) is 72.6 Å². The average Bonchev–Trinajstić information content (AvgIpc) is 2.84. The van der Waals surface area contributed by atoms with Crippen LogP contribution >= 0.6 is 0 Å². The number of nitrogen functional groups attached to an aromatic ring is 1. The van der Waals surface area contributed by atoms with Gasteiger partial charge in [0.2, 0.25) is 0 Å². The molecule has 4 aromatic rings. The van der Waals surface area contributed by atoms with Crippen molar-refractivity contribution in [2.75, 3.05) is 23.0 Å². The standard InChI is InChI=1S/C26H25B2N5O/c1-2-17-5-3-6-19(13-17)32-26-21-15-20(9-11-23(21)30-16-31-26)34-12-4-7-25(28)33-24-14-18(27)8-10-22(24)29/h1,3,5-6,8-11,13-16,28,33H,4,7,12,27,29H2,(H,30,31,32). The van der Waals surface area contributed by atoms with Gasteiger partial charge in [-0.25, -0.2) is 0 Å². The van der Waals surface area contributed by atoms with E-state index in [2.05, 4.69) is 34.0 Å². The molecule has 1 aromatic heterocycles. The molecule has 34 heavy (non-hydrogen) atoms. The van der Waals surface area contributed by atoms with Crippen molar-refractivity contribution < 1.29 is 4.74 Å². The molecule has 166 valence electrons. The van der Waals surface area contributed by atoms with Gasteiger partial charge in [-0.15, -0.1) is 6.42 Å². The van der Waals surface area contributed by atoms with E-state index >= 15 is 0 Å². The SMILES string of the molecule is B=C(CCCOc1ccc2ncnc(Nc3cccc(C#C)c3)c2c1)Nc1cc(B)ccc1N. The van der Waals surface area contributed by atoms with E-state index in [1.807, 2.05) is 68.5 Å². The first-order valence-corrected chi connectivity index (χ1v) is 11.0. The zero-order valence-corrected chi connectivity index (χ0v) is 19.1. The number of aromatic nitrogens is 2.